The molecule has 0 saturated heterocycles. The zero-order valence-corrected chi connectivity index (χ0v) is 10.4. The Morgan fingerprint density at radius 3 is 2.50 bits per heavy atom. The first-order chi connectivity index (χ1) is 8.79. The lowest BCUT2D eigenvalue weighted by molar-refractivity contribution is 0.174. The van der Waals surface area contributed by atoms with Gasteiger partial charge in [-0.2, -0.15) is 0 Å². The van der Waals surface area contributed by atoms with E-state index in [4.69, 9.17) is 21.1 Å². The number of hydrogen-bond donors (Lipinski definition) is 0. The first-order valence-corrected chi connectivity index (χ1v) is 5.98. The molecule has 0 radical (unpaired) electrons. The largest absolute Gasteiger partial charge is 0.454 e. The number of benzene rings is 2. The van der Waals surface area contributed by atoms with Crippen molar-refractivity contribution in [2.75, 3.05) is 6.79 Å². The molecule has 3 rings (SSSR count). The lowest BCUT2D eigenvalue weighted by Gasteiger charge is -2.09. The molecule has 0 aromatic heterocycles. The molecule has 0 bridgehead atoms. The maximum Gasteiger partial charge on any atom is 0.231 e. The third-order valence-electron chi connectivity index (χ3n) is 2.93. The van der Waals surface area contributed by atoms with Crippen molar-refractivity contribution in [3.63, 3.8) is 0 Å². The summed E-state index contributed by atoms with van der Waals surface area (Å²) in [6.07, 6.45) is 1.79. The van der Waals surface area contributed by atoms with Crippen molar-refractivity contribution in [3.05, 3.63) is 53.6 Å². The van der Waals surface area contributed by atoms with Crippen molar-refractivity contribution in [1.82, 2.24) is 0 Å². The topological polar surface area (TPSA) is 18.5 Å². The van der Waals surface area contributed by atoms with E-state index in [1.54, 1.807) is 6.08 Å². The average molecular weight is 259 g/mol. The lowest BCUT2D eigenvalue weighted by Crippen LogP contribution is -1.92. The molecule has 0 N–H and O–H groups in total. The quantitative estimate of drug-likeness (QED) is 0.796. The third-order valence-corrected chi connectivity index (χ3v) is 3.26. The van der Waals surface area contributed by atoms with Gasteiger partial charge in [-0.25, -0.2) is 0 Å². The molecule has 0 unspecified atom stereocenters. The number of fused-ring (bicyclic) bond motifs is 1. The van der Waals surface area contributed by atoms with Crippen LogP contribution >= 0.6 is 11.6 Å². The molecule has 0 saturated carbocycles. The fourth-order valence-corrected chi connectivity index (χ4v) is 2.28. The van der Waals surface area contributed by atoms with Gasteiger partial charge in [0, 0.05) is 10.6 Å². The average Bonchev–Trinajstić information content (AvgIpc) is 2.85. The van der Waals surface area contributed by atoms with Crippen LogP contribution in [0, 0.1) is 0 Å². The van der Waals surface area contributed by atoms with E-state index in [2.05, 4.69) is 6.58 Å². The number of hydrogen-bond acceptors (Lipinski definition) is 2. The predicted octanol–water partition coefficient (Wildman–Crippen LogP) is 4.38. The van der Waals surface area contributed by atoms with E-state index in [1.807, 2.05) is 36.4 Å². The van der Waals surface area contributed by atoms with Gasteiger partial charge < -0.3 is 9.47 Å². The van der Waals surface area contributed by atoms with E-state index < -0.39 is 0 Å². The van der Waals surface area contributed by atoms with Crippen molar-refractivity contribution in [1.29, 1.82) is 0 Å². The van der Waals surface area contributed by atoms with Gasteiger partial charge in [0.05, 0.1) is 0 Å². The second-order valence-electron chi connectivity index (χ2n) is 3.98. The van der Waals surface area contributed by atoms with Crippen LogP contribution in [0.15, 0.2) is 43.0 Å². The van der Waals surface area contributed by atoms with Crippen LogP contribution in [0.4, 0.5) is 0 Å². The summed E-state index contributed by atoms with van der Waals surface area (Å²) in [6.45, 7) is 4.09. The molecule has 2 nitrogen and oxygen atoms in total. The molecule has 0 spiro atoms. The molecule has 0 atom stereocenters. The zero-order valence-electron chi connectivity index (χ0n) is 9.65. The SMILES string of the molecule is C=Cc1cc2c(cc1-c1ccccc1Cl)OCO2. The van der Waals surface area contributed by atoms with Crippen LogP contribution in [0.2, 0.25) is 5.02 Å². The van der Waals surface area contributed by atoms with Gasteiger partial charge in [-0.3, -0.25) is 0 Å². The van der Waals surface area contributed by atoms with Crippen LogP contribution < -0.4 is 9.47 Å². The Balaban J connectivity index is 2.23. The Kier molecular flexibility index (Phi) is 2.73. The minimum absolute atomic E-state index is 0.262. The van der Waals surface area contributed by atoms with Crippen molar-refractivity contribution < 1.29 is 9.47 Å². The maximum atomic E-state index is 6.23. The van der Waals surface area contributed by atoms with E-state index in [0.29, 0.717) is 5.02 Å². The molecular weight excluding hydrogens is 248 g/mol. The first kappa shape index (κ1) is 11.2. The van der Waals surface area contributed by atoms with Crippen molar-refractivity contribution in [3.8, 4) is 22.6 Å². The monoisotopic (exact) mass is 258 g/mol. The molecule has 1 aliphatic rings. The minimum atomic E-state index is 0.262. The lowest BCUT2D eigenvalue weighted by atomic mass is 9.99. The molecule has 3 heteroatoms. The second kappa shape index (κ2) is 4.39. The van der Waals surface area contributed by atoms with Crippen molar-refractivity contribution in [2.24, 2.45) is 0 Å². The molecule has 0 fully saturated rings. The van der Waals surface area contributed by atoms with Crippen LogP contribution in [0.5, 0.6) is 11.5 Å². The van der Waals surface area contributed by atoms with Gasteiger partial charge in [-0.15, -0.1) is 0 Å². The van der Waals surface area contributed by atoms with Gasteiger partial charge in [0.25, 0.3) is 0 Å². The molecular formula is C15H11ClO2. The second-order valence-corrected chi connectivity index (χ2v) is 4.38. The Hall–Kier alpha value is -1.93. The van der Waals surface area contributed by atoms with E-state index in [-0.39, 0.29) is 6.79 Å². The molecule has 0 aliphatic carbocycles. The van der Waals surface area contributed by atoms with Crippen LogP contribution in [0.1, 0.15) is 5.56 Å². The van der Waals surface area contributed by atoms with Gasteiger partial charge in [0.2, 0.25) is 6.79 Å². The van der Waals surface area contributed by atoms with Gasteiger partial charge in [0.15, 0.2) is 11.5 Å². The molecule has 2 aromatic carbocycles. The number of ether oxygens (including phenoxy) is 2. The summed E-state index contributed by atoms with van der Waals surface area (Å²) in [5.74, 6) is 1.50. The molecule has 0 amide bonds. The Morgan fingerprint density at radius 2 is 1.78 bits per heavy atom. The summed E-state index contributed by atoms with van der Waals surface area (Å²) < 4.78 is 10.8. The smallest absolute Gasteiger partial charge is 0.231 e. The first-order valence-electron chi connectivity index (χ1n) is 5.60. The highest BCUT2D eigenvalue weighted by Crippen LogP contribution is 2.40. The standard InChI is InChI=1S/C15H11ClO2/c1-2-10-7-14-15(18-9-17-14)8-12(10)11-5-3-4-6-13(11)16/h2-8H,1,9H2. The number of halogens is 1. The Labute approximate surface area is 110 Å². The van der Waals surface area contributed by atoms with E-state index >= 15 is 0 Å². The van der Waals surface area contributed by atoms with Crippen LogP contribution in [-0.2, 0) is 0 Å². The van der Waals surface area contributed by atoms with Crippen molar-refractivity contribution >= 4 is 17.7 Å². The van der Waals surface area contributed by atoms with E-state index in [0.717, 1.165) is 28.2 Å². The minimum Gasteiger partial charge on any atom is -0.454 e. The fourth-order valence-electron chi connectivity index (χ4n) is 2.04. The third kappa shape index (κ3) is 1.75. The van der Waals surface area contributed by atoms with Gasteiger partial charge >= 0.3 is 0 Å². The molecule has 1 heterocycles. The summed E-state index contributed by atoms with van der Waals surface area (Å²) >= 11 is 6.23. The Morgan fingerprint density at radius 1 is 1.06 bits per heavy atom. The molecule has 18 heavy (non-hydrogen) atoms. The van der Waals surface area contributed by atoms with Crippen LogP contribution in [-0.4, -0.2) is 6.79 Å². The highest BCUT2D eigenvalue weighted by atomic mass is 35.5. The summed E-state index contributed by atoms with van der Waals surface area (Å²) in [4.78, 5) is 0. The predicted molar refractivity (Wildman–Crippen MR) is 73.1 cm³/mol. The molecule has 1 aliphatic heterocycles. The van der Waals surface area contributed by atoms with Gasteiger partial charge in [0.1, 0.15) is 0 Å². The van der Waals surface area contributed by atoms with Crippen LogP contribution in [0.3, 0.4) is 0 Å². The summed E-state index contributed by atoms with van der Waals surface area (Å²) in [6, 6.07) is 11.6. The fraction of sp³-hybridized carbons (Fsp3) is 0.0667. The highest BCUT2D eigenvalue weighted by Gasteiger charge is 2.17. The van der Waals surface area contributed by atoms with Gasteiger partial charge in [-0.1, -0.05) is 42.5 Å². The summed E-state index contributed by atoms with van der Waals surface area (Å²) in [5.41, 5.74) is 2.94. The van der Waals surface area contributed by atoms with E-state index in [1.165, 1.54) is 0 Å². The summed E-state index contributed by atoms with van der Waals surface area (Å²) in [5, 5.41) is 0.708. The number of rotatable bonds is 2. The normalized spacial score (nSPS) is 12.5. The molecule has 90 valence electrons. The van der Waals surface area contributed by atoms with Crippen molar-refractivity contribution in [2.45, 2.75) is 0 Å². The maximum absolute atomic E-state index is 6.23. The Bertz CT molecular complexity index is 620. The molecule has 2 aromatic rings. The highest BCUT2D eigenvalue weighted by molar-refractivity contribution is 6.33. The summed E-state index contributed by atoms with van der Waals surface area (Å²) in [7, 11) is 0. The van der Waals surface area contributed by atoms with E-state index in [9.17, 15) is 0 Å². The van der Waals surface area contributed by atoms with Gasteiger partial charge in [-0.05, 0) is 29.3 Å². The zero-order chi connectivity index (χ0) is 12.5. The van der Waals surface area contributed by atoms with Crippen LogP contribution in [0.25, 0.3) is 17.2 Å².